The minimum Gasteiger partial charge on any atom is -0.462 e. The highest BCUT2D eigenvalue weighted by Crippen LogP contribution is 2.18. The minimum atomic E-state index is -0.410. The summed E-state index contributed by atoms with van der Waals surface area (Å²) in [5.41, 5.74) is 1.69. The zero-order valence-electron chi connectivity index (χ0n) is 16.1. The van der Waals surface area contributed by atoms with E-state index in [0.29, 0.717) is 23.7 Å². The third-order valence-electron chi connectivity index (χ3n) is 3.74. The quantitative estimate of drug-likeness (QED) is 0.391. The molecule has 0 fully saturated rings. The molecule has 8 nitrogen and oxygen atoms in total. The van der Waals surface area contributed by atoms with Crippen LogP contribution in [0.4, 0.5) is 15.8 Å². The summed E-state index contributed by atoms with van der Waals surface area (Å²) in [4.78, 5) is 23.7. The van der Waals surface area contributed by atoms with Gasteiger partial charge < -0.3 is 19.8 Å². The maximum atomic E-state index is 12.9. The molecule has 3 aromatic rings. The van der Waals surface area contributed by atoms with Gasteiger partial charge in [0, 0.05) is 11.4 Å². The van der Waals surface area contributed by atoms with Gasteiger partial charge in [0.25, 0.3) is 5.22 Å². The molecule has 0 bridgehead atoms. The van der Waals surface area contributed by atoms with Gasteiger partial charge in [0.15, 0.2) is 0 Å². The molecule has 0 saturated carbocycles. The van der Waals surface area contributed by atoms with Gasteiger partial charge in [-0.15, -0.1) is 10.2 Å². The molecule has 0 saturated heterocycles. The van der Waals surface area contributed by atoms with Crippen molar-refractivity contribution in [3.05, 3.63) is 65.8 Å². The largest absolute Gasteiger partial charge is 0.462 e. The molecule has 0 atom stereocenters. The zero-order chi connectivity index (χ0) is 21.3. The molecule has 156 valence electrons. The normalized spacial score (nSPS) is 10.5. The summed E-state index contributed by atoms with van der Waals surface area (Å²) in [6.07, 6.45) is 0. The second-order valence-corrected chi connectivity index (χ2v) is 6.88. The average Bonchev–Trinajstić information content (AvgIpc) is 3.20. The number of aromatic nitrogens is 2. The molecular weight excluding hydrogens is 411 g/mol. The third kappa shape index (κ3) is 6.31. The lowest BCUT2D eigenvalue weighted by Gasteiger charge is -2.05. The highest BCUT2D eigenvalue weighted by atomic mass is 32.2. The second kappa shape index (κ2) is 10.4. The van der Waals surface area contributed by atoms with E-state index in [1.807, 2.05) is 0 Å². The van der Waals surface area contributed by atoms with Crippen LogP contribution in [-0.2, 0) is 16.1 Å². The van der Waals surface area contributed by atoms with Crippen molar-refractivity contribution in [1.29, 1.82) is 0 Å². The highest BCUT2D eigenvalue weighted by molar-refractivity contribution is 7.99. The molecular formula is C20H19FN4O4S. The molecule has 1 aromatic heterocycles. The summed E-state index contributed by atoms with van der Waals surface area (Å²) in [6.45, 7) is 2.31. The van der Waals surface area contributed by atoms with Gasteiger partial charge in [0.05, 0.1) is 24.5 Å². The average molecular weight is 430 g/mol. The number of nitrogens with zero attached hydrogens (tertiary/aromatic N) is 2. The van der Waals surface area contributed by atoms with Crippen LogP contribution in [-0.4, -0.2) is 34.4 Å². The van der Waals surface area contributed by atoms with Gasteiger partial charge >= 0.3 is 5.97 Å². The lowest BCUT2D eigenvalue weighted by atomic mass is 10.2. The number of carbonyl (C=O) groups is 2. The summed E-state index contributed by atoms with van der Waals surface area (Å²) in [7, 11) is 0. The molecule has 1 amide bonds. The van der Waals surface area contributed by atoms with E-state index < -0.39 is 5.97 Å². The first-order valence-corrected chi connectivity index (χ1v) is 10.0. The van der Waals surface area contributed by atoms with E-state index >= 15 is 0 Å². The van der Waals surface area contributed by atoms with E-state index in [2.05, 4.69) is 20.8 Å². The second-order valence-electron chi connectivity index (χ2n) is 5.96. The maximum absolute atomic E-state index is 12.9. The summed E-state index contributed by atoms with van der Waals surface area (Å²) < 4.78 is 23.3. The fourth-order valence-electron chi connectivity index (χ4n) is 2.34. The Morgan fingerprint density at radius 3 is 2.47 bits per heavy atom. The smallest absolute Gasteiger partial charge is 0.338 e. The topological polar surface area (TPSA) is 106 Å². The molecule has 0 aliphatic rings. The maximum Gasteiger partial charge on any atom is 0.338 e. The lowest BCUT2D eigenvalue weighted by Crippen LogP contribution is -2.14. The standard InChI is InChI=1S/C20H19FN4O4S/c1-2-28-19(27)13-3-7-16(8-4-13)23-17(26)12-30-20-25-24-18(29-20)11-22-15-9-5-14(21)6-10-15/h3-10,22H,2,11-12H2,1H3,(H,23,26). The monoisotopic (exact) mass is 430 g/mol. The van der Waals surface area contributed by atoms with Crippen molar-refractivity contribution in [2.24, 2.45) is 0 Å². The van der Waals surface area contributed by atoms with Crippen LogP contribution in [0.25, 0.3) is 0 Å². The van der Waals surface area contributed by atoms with E-state index in [0.717, 1.165) is 17.4 Å². The summed E-state index contributed by atoms with van der Waals surface area (Å²) in [5, 5.41) is 13.8. The Bertz CT molecular complexity index is 993. The third-order valence-corrected chi connectivity index (χ3v) is 4.56. The van der Waals surface area contributed by atoms with Crippen LogP contribution in [0.2, 0.25) is 0 Å². The molecule has 2 aromatic carbocycles. The molecule has 0 aliphatic heterocycles. The fourth-order valence-corrected chi connectivity index (χ4v) is 2.92. The molecule has 0 aliphatic carbocycles. The van der Waals surface area contributed by atoms with E-state index in [4.69, 9.17) is 9.15 Å². The molecule has 0 spiro atoms. The molecule has 10 heteroatoms. The van der Waals surface area contributed by atoms with Gasteiger partial charge in [-0.05, 0) is 55.5 Å². The van der Waals surface area contributed by atoms with Crippen LogP contribution in [0.15, 0.2) is 58.2 Å². The number of benzene rings is 2. The van der Waals surface area contributed by atoms with Crippen molar-refractivity contribution in [2.75, 3.05) is 23.0 Å². The molecule has 1 heterocycles. The van der Waals surface area contributed by atoms with Gasteiger partial charge in [-0.2, -0.15) is 0 Å². The van der Waals surface area contributed by atoms with Gasteiger partial charge in [0.1, 0.15) is 5.82 Å². The van der Waals surface area contributed by atoms with Crippen molar-refractivity contribution in [1.82, 2.24) is 10.2 Å². The summed E-state index contributed by atoms with van der Waals surface area (Å²) in [6, 6.07) is 12.3. The minimum absolute atomic E-state index is 0.0760. The van der Waals surface area contributed by atoms with Crippen LogP contribution in [0.5, 0.6) is 0 Å². The van der Waals surface area contributed by atoms with Gasteiger partial charge in [-0.3, -0.25) is 4.79 Å². The lowest BCUT2D eigenvalue weighted by molar-refractivity contribution is -0.113. The van der Waals surface area contributed by atoms with Crippen molar-refractivity contribution in [3.63, 3.8) is 0 Å². The van der Waals surface area contributed by atoms with Crippen LogP contribution in [0.3, 0.4) is 0 Å². The number of halogens is 1. The van der Waals surface area contributed by atoms with Crippen LogP contribution in [0, 0.1) is 5.82 Å². The van der Waals surface area contributed by atoms with Crippen molar-refractivity contribution in [2.45, 2.75) is 18.7 Å². The van der Waals surface area contributed by atoms with E-state index in [1.165, 1.54) is 12.1 Å². The number of amides is 1. The number of nitrogens with one attached hydrogen (secondary N) is 2. The Labute approximate surface area is 176 Å². The summed E-state index contributed by atoms with van der Waals surface area (Å²) >= 11 is 1.10. The zero-order valence-corrected chi connectivity index (χ0v) is 16.9. The first-order chi connectivity index (χ1) is 14.5. The fraction of sp³-hybridized carbons (Fsp3) is 0.200. The Kier molecular flexibility index (Phi) is 7.39. The predicted octanol–water partition coefficient (Wildman–Crippen LogP) is 3.73. The SMILES string of the molecule is CCOC(=O)c1ccc(NC(=O)CSc2nnc(CNc3ccc(F)cc3)o2)cc1. The first-order valence-electron chi connectivity index (χ1n) is 9.05. The molecule has 30 heavy (non-hydrogen) atoms. The number of rotatable bonds is 9. The Morgan fingerprint density at radius 2 is 1.77 bits per heavy atom. The number of anilines is 2. The number of esters is 1. The van der Waals surface area contributed by atoms with Gasteiger partial charge in [-0.1, -0.05) is 11.8 Å². The highest BCUT2D eigenvalue weighted by Gasteiger charge is 2.11. The van der Waals surface area contributed by atoms with Crippen LogP contribution < -0.4 is 10.6 Å². The molecule has 0 radical (unpaired) electrons. The van der Waals surface area contributed by atoms with Gasteiger partial charge in [0.2, 0.25) is 11.8 Å². The Morgan fingerprint density at radius 1 is 1.07 bits per heavy atom. The number of hydrogen-bond donors (Lipinski definition) is 2. The van der Waals surface area contributed by atoms with Crippen molar-refractivity contribution >= 4 is 35.0 Å². The van der Waals surface area contributed by atoms with Gasteiger partial charge in [-0.25, -0.2) is 9.18 Å². The predicted molar refractivity (Wildman–Crippen MR) is 110 cm³/mol. The van der Waals surface area contributed by atoms with Crippen molar-refractivity contribution in [3.8, 4) is 0 Å². The molecule has 2 N–H and O–H groups in total. The Hall–Kier alpha value is -3.40. The number of carbonyl (C=O) groups excluding carboxylic acids is 2. The Balaban J connectivity index is 1.43. The van der Waals surface area contributed by atoms with Crippen LogP contribution in [0.1, 0.15) is 23.2 Å². The van der Waals surface area contributed by atoms with E-state index in [1.54, 1.807) is 43.3 Å². The first kappa shape index (κ1) is 21.3. The molecule has 0 unspecified atom stereocenters. The molecule has 3 rings (SSSR count). The van der Waals surface area contributed by atoms with E-state index in [9.17, 15) is 14.0 Å². The number of hydrogen-bond acceptors (Lipinski definition) is 8. The summed E-state index contributed by atoms with van der Waals surface area (Å²) in [5.74, 6) is -0.561. The van der Waals surface area contributed by atoms with Crippen molar-refractivity contribution < 1.29 is 23.1 Å². The van der Waals surface area contributed by atoms with E-state index in [-0.39, 0.29) is 29.2 Å². The number of ether oxygens (including phenoxy) is 1. The number of thioether (sulfide) groups is 1. The van der Waals surface area contributed by atoms with Crippen LogP contribution >= 0.6 is 11.8 Å².